The second kappa shape index (κ2) is 16.9. The molecule has 0 atom stereocenters. The fraction of sp³-hybridized carbons (Fsp3) is 0.483. The smallest absolute Gasteiger partial charge is 0.137 e. The van der Waals surface area contributed by atoms with Crippen LogP contribution in [0.25, 0.3) is 11.1 Å². The Morgan fingerprint density at radius 1 is 0.730 bits per heavy atom. The molecule has 0 spiro atoms. The number of aliphatic hydroxyl groups is 1. The number of ether oxygens (including phenoxy) is 5. The minimum Gasteiger partial charge on any atom is -0.493 e. The molecular weight excluding hydrogens is 474 g/mol. The molecule has 0 unspecified atom stereocenters. The first-order valence-electron chi connectivity index (χ1n) is 12.8. The third-order valence-corrected chi connectivity index (χ3v) is 5.59. The molecule has 0 amide bonds. The first-order valence-corrected chi connectivity index (χ1v) is 12.8. The standard InChI is InChI=1S/C29H39NO7/c1-23-19-26(25-7-4-3-5-8-25)20-24(2)29(23)36-11-6-9-28-21-27(30-37-28)22-35-18-17-34-16-15-33-14-13-32-12-10-31/h3-5,7-8,19-21,31H,6,9-18,22H2,1-2H3. The molecule has 8 heteroatoms. The van der Waals surface area contributed by atoms with Gasteiger partial charge in [-0.3, -0.25) is 0 Å². The van der Waals surface area contributed by atoms with Gasteiger partial charge < -0.3 is 33.3 Å². The van der Waals surface area contributed by atoms with Crippen LogP contribution in [-0.2, 0) is 32.0 Å². The molecular formula is C29H39NO7. The second-order valence-corrected chi connectivity index (χ2v) is 8.66. The highest BCUT2D eigenvalue weighted by Gasteiger charge is 2.09. The van der Waals surface area contributed by atoms with E-state index >= 15 is 0 Å². The number of benzene rings is 2. The summed E-state index contributed by atoms with van der Waals surface area (Å²) in [4.78, 5) is 0. The molecule has 3 rings (SSSR count). The highest BCUT2D eigenvalue weighted by atomic mass is 16.6. The number of hydrogen-bond acceptors (Lipinski definition) is 8. The fourth-order valence-electron chi connectivity index (χ4n) is 3.84. The van der Waals surface area contributed by atoms with E-state index in [9.17, 15) is 0 Å². The average Bonchev–Trinajstić information content (AvgIpc) is 3.36. The molecule has 1 aromatic heterocycles. The summed E-state index contributed by atoms with van der Waals surface area (Å²) < 4.78 is 33.1. The molecule has 37 heavy (non-hydrogen) atoms. The van der Waals surface area contributed by atoms with Crippen LogP contribution < -0.4 is 4.74 Å². The van der Waals surface area contributed by atoms with Crippen molar-refractivity contribution in [3.05, 3.63) is 71.1 Å². The molecule has 0 aliphatic carbocycles. The van der Waals surface area contributed by atoms with Crippen LogP contribution in [0.1, 0.15) is 29.0 Å². The first kappa shape index (κ1) is 28.8. The molecule has 1 heterocycles. The van der Waals surface area contributed by atoms with E-state index in [1.807, 2.05) is 12.1 Å². The molecule has 8 nitrogen and oxygen atoms in total. The van der Waals surface area contributed by atoms with Gasteiger partial charge in [-0.15, -0.1) is 0 Å². The predicted molar refractivity (Wildman–Crippen MR) is 141 cm³/mol. The largest absolute Gasteiger partial charge is 0.493 e. The van der Waals surface area contributed by atoms with Crippen LogP contribution in [-0.4, -0.2) is 69.7 Å². The number of aliphatic hydroxyl groups excluding tert-OH is 1. The molecule has 0 aliphatic heterocycles. The molecule has 0 aliphatic rings. The van der Waals surface area contributed by atoms with Gasteiger partial charge in [-0.25, -0.2) is 0 Å². The maximum atomic E-state index is 8.60. The van der Waals surface area contributed by atoms with Crippen molar-refractivity contribution in [1.82, 2.24) is 5.16 Å². The van der Waals surface area contributed by atoms with Crippen molar-refractivity contribution in [3.8, 4) is 16.9 Å². The van der Waals surface area contributed by atoms with Gasteiger partial charge in [0.2, 0.25) is 0 Å². The monoisotopic (exact) mass is 513 g/mol. The topological polar surface area (TPSA) is 92.4 Å². The predicted octanol–water partition coefficient (Wildman–Crippen LogP) is 4.53. The van der Waals surface area contributed by atoms with Gasteiger partial charge in [0, 0.05) is 12.5 Å². The third-order valence-electron chi connectivity index (χ3n) is 5.59. The summed E-state index contributed by atoms with van der Waals surface area (Å²) in [6.45, 7) is 8.44. The van der Waals surface area contributed by atoms with Gasteiger partial charge in [0.1, 0.15) is 17.2 Å². The third kappa shape index (κ3) is 10.6. The zero-order valence-electron chi connectivity index (χ0n) is 21.9. The summed E-state index contributed by atoms with van der Waals surface area (Å²) in [6.07, 6.45) is 1.58. The highest BCUT2D eigenvalue weighted by Crippen LogP contribution is 2.30. The zero-order chi connectivity index (χ0) is 26.1. The van der Waals surface area contributed by atoms with E-state index in [1.54, 1.807) is 0 Å². The van der Waals surface area contributed by atoms with Crippen molar-refractivity contribution in [3.63, 3.8) is 0 Å². The quantitative estimate of drug-likeness (QED) is 0.234. The van der Waals surface area contributed by atoms with E-state index < -0.39 is 0 Å². The summed E-state index contributed by atoms with van der Waals surface area (Å²) in [5.74, 6) is 1.78. The minimum absolute atomic E-state index is 0.0265. The number of aryl methyl sites for hydroxylation is 3. The average molecular weight is 514 g/mol. The number of rotatable bonds is 19. The molecule has 0 radical (unpaired) electrons. The maximum absolute atomic E-state index is 8.60. The summed E-state index contributed by atoms with van der Waals surface area (Å²) >= 11 is 0. The first-order chi connectivity index (χ1) is 18.2. The molecule has 0 fully saturated rings. The van der Waals surface area contributed by atoms with Gasteiger partial charge in [0.05, 0.1) is 66.1 Å². The molecule has 2 aromatic carbocycles. The SMILES string of the molecule is Cc1cc(-c2ccccc2)cc(C)c1OCCCc1cc(COCCOCCOCCOCCO)no1. The lowest BCUT2D eigenvalue weighted by Gasteiger charge is -2.14. The fourth-order valence-corrected chi connectivity index (χ4v) is 3.84. The molecule has 0 saturated carbocycles. The van der Waals surface area contributed by atoms with Crippen LogP contribution in [0.2, 0.25) is 0 Å². The van der Waals surface area contributed by atoms with E-state index in [1.165, 1.54) is 11.1 Å². The van der Waals surface area contributed by atoms with Crippen LogP contribution in [0.5, 0.6) is 5.75 Å². The van der Waals surface area contributed by atoms with Crippen LogP contribution >= 0.6 is 0 Å². The van der Waals surface area contributed by atoms with Crippen LogP contribution in [0, 0.1) is 13.8 Å². The van der Waals surface area contributed by atoms with Crippen molar-refractivity contribution < 1.29 is 33.3 Å². The number of nitrogens with zero attached hydrogens (tertiary/aromatic N) is 1. The normalized spacial score (nSPS) is 11.2. The summed E-state index contributed by atoms with van der Waals surface area (Å²) in [7, 11) is 0. The molecule has 0 saturated heterocycles. The maximum Gasteiger partial charge on any atom is 0.137 e. The molecule has 202 valence electrons. The Morgan fingerprint density at radius 3 is 2.00 bits per heavy atom. The highest BCUT2D eigenvalue weighted by molar-refractivity contribution is 5.67. The van der Waals surface area contributed by atoms with Gasteiger partial charge in [-0.05, 0) is 54.7 Å². The van der Waals surface area contributed by atoms with Gasteiger partial charge in [0.25, 0.3) is 0 Å². The van der Waals surface area contributed by atoms with Crippen molar-refractivity contribution >= 4 is 0 Å². The lowest BCUT2D eigenvalue weighted by molar-refractivity contribution is -0.00788. The van der Waals surface area contributed by atoms with Crippen LogP contribution in [0.3, 0.4) is 0 Å². The Morgan fingerprint density at radius 2 is 1.35 bits per heavy atom. The Bertz CT molecular complexity index is 999. The Labute approximate surface area is 219 Å². The van der Waals surface area contributed by atoms with Crippen molar-refractivity contribution in [2.45, 2.75) is 33.3 Å². The van der Waals surface area contributed by atoms with E-state index in [4.69, 9.17) is 33.3 Å². The van der Waals surface area contributed by atoms with E-state index in [-0.39, 0.29) is 6.61 Å². The molecule has 1 N–H and O–H groups in total. The van der Waals surface area contributed by atoms with Crippen LogP contribution in [0.4, 0.5) is 0 Å². The van der Waals surface area contributed by atoms with Gasteiger partial charge in [-0.2, -0.15) is 0 Å². The Kier molecular flexibility index (Phi) is 13.2. The number of hydrogen-bond donors (Lipinski definition) is 1. The molecule has 3 aromatic rings. The second-order valence-electron chi connectivity index (χ2n) is 8.66. The van der Waals surface area contributed by atoms with E-state index in [0.29, 0.717) is 59.5 Å². The van der Waals surface area contributed by atoms with Gasteiger partial charge in [0.15, 0.2) is 0 Å². The van der Waals surface area contributed by atoms with E-state index in [2.05, 4.69) is 55.4 Å². The van der Waals surface area contributed by atoms with Gasteiger partial charge >= 0.3 is 0 Å². The summed E-state index contributed by atoms with van der Waals surface area (Å²) in [5, 5.41) is 12.7. The lowest BCUT2D eigenvalue weighted by Crippen LogP contribution is -2.12. The minimum atomic E-state index is 0.0265. The Balaban J connectivity index is 1.25. The number of aromatic nitrogens is 1. The van der Waals surface area contributed by atoms with Crippen molar-refractivity contribution in [1.29, 1.82) is 0 Å². The summed E-state index contributed by atoms with van der Waals surface area (Å²) in [5.41, 5.74) is 5.46. The summed E-state index contributed by atoms with van der Waals surface area (Å²) in [6, 6.07) is 16.7. The lowest BCUT2D eigenvalue weighted by atomic mass is 10.00. The Hall–Kier alpha value is -2.75. The van der Waals surface area contributed by atoms with Gasteiger partial charge in [-0.1, -0.05) is 35.5 Å². The van der Waals surface area contributed by atoms with Crippen molar-refractivity contribution in [2.75, 3.05) is 59.5 Å². The zero-order valence-corrected chi connectivity index (χ0v) is 21.9. The van der Waals surface area contributed by atoms with E-state index in [0.717, 1.165) is 41.2 Å². The van der Waals surface area contributed by atoms with Crippen LogP contribution in [0.15, 0.2) is 53.1 Å². The van der Waals surface area contributed by atoms with Crippen molar-refractivity contribution in [2.24, 2.45) is 0 Å². The molecule has 0 bridgehead atoms.